The quantitative estimate of drug-likeness (QED) is 0.790. The first kappa shape index (κ1) is 13.2. The van der Waals surface area contributed by atoms with Gasteiger partial charge in [-0.25, -0.2) is 0 Å². The minimum absolute atomic E-state index is 0.506. The van der Waals surface area contributed by atoms with Gasteiger partial charge in [0, 0.05) is 24.6 Å². The highest BCUT2D eigenvalue weighted by atomic mass is 35.5. The third-order valence-electron chi connectivity index (χ3n) is 3.92. The number of nitrogens with zero attached hydrogens (tertiary/aromatic N) is 1. The van der Waals surface area contributed by atoms with E-state index >= 15 is 0 Å². The second-order valence-corrected chi connectivity index (χ2v) is 5.55. The van der Waals surface area contributed by atoms with E-state index in [1.807, 2.05) is 24.3 Å². The number of carbonyl (C=O) groups is 1. The Labute approximate surface area is 124 Å². The molecule has 0 radical (unpaired) electrons. The molecule has 0 spiro atoms. The van der Waals surface area contributed by atoms with Crippen LogP contribution in [0.3, 0.4) is 0 Å². The minimum atomic E-state index is 0.506. The zero-order chi connectivity index (χ0) is 13.9. The molecule has 1 aliphatic rings. The summed E-state index contributed by atoms with van der Waals surface area (Å²) in [6, 6.07) is 16.0. The van der Waals surface area contributed by atoms with Gasteiger partial charge >= 0.3 is 0 Å². The monoisotopic (exact) mass is 285 g/mol. The summed E-state index contributed by atoms with van der Waals surface area (Å²) in [5.41, 5.74) is 2.91. The molecular weight excluding hydrogens is 270 g/mol. The van der Waals surface area contributed by atoms with Crippen molar-refractivity contribution in [2.45, 2.75) is 12.3 Å². The molecule has 20 heavy (non-hydrogen) atoms. The van der Waals surface area contributed by atoms with Crippen LogP contribution in [-0.4, -0.2) is 19.4 Å². The van der Waals surface area contributed by atoms with E-state index in [4.69, 9.17) is 11.6 Å². The van der Waals surface area contributed by atoms with Crippen molar-refractivity contribution in [2.75, 3.05) is 18.0 Å². The third-order valence-corrected chi connectivity index (χ3v) is 4.23. The number of benzene rings is 2. The maximum atomic E-state index is 11.2. The normalized spacial score (nSPS) is 18.2. The zero-order valence-corrected chi connectivity index (χ0v) is 11.9. The first-order valence-electron chi connectivity index (χ1n) is 6.83. The van der Waals surface area contributed by atoms with Crippen LogP contribution in [0.4, 0.5) is 5.69 Å². The molecule has 1 unspecified atom stereocenters. The summed E-state index contributed by atoms with van der Waals surface area (Å²) < 4.78 is 0. The molecule has 2 nitrogen and oxygen atoms in total. The molecular formula is C17H16ClNO. The molecule has 2 aromatic rings. The summed E-state index contributed by atoms with van der Waals surface area (Å²) in [5, 5.41) is 0.656. The van der Waals surface area contributed by atoms with E-state index < -0.39 is 0 Å². The van der Waals surface area contributed by atoms with Gasteiger partial charge in [-0.15, -0.1) is 0 Å². The van der Waals surface area contributed by atoms with Gasteiger partial charge in [-0.05, 0) is 24.1 Å². The summed E-state index contributed by atoms with van der Waals surface area (Å²) in [6.45, 7) is 1.85. The molecule has 1 atom stereocenters. The maximum Gasteiger partial charge on any atom is 0.152 e. The van der Waals surface area contributed by atoms with Crippen LogP contribution in [0.15, 0.2) is 48.5 Å². The van der Waals surface area contributed by atoms with Crippen molar-refractivity contribution in [1.29, 1.82) is 0 Å². The number of rotatable bonds is 3. The van der Waals surface area contributed by atoms with Crippen molar-refractivity contribution in [2.24, 2.45) is 0 Å². The molecule has 1 saturated heterocycles. The van der Waals surface area contributed by atoms with Gasteiger partial charge < -0.3 is 4.90 Å². The fraction of sp³-hybridized carbons (Fsp3) is 0.235. The van der Waals surface area contributed by atoms with Crippen LogP contribution >= 0.6 is 11.6 Å². The van der Waals surface area contributed by atoms with Crippen molar-refractivity contribution >= 4 is 23.6 Å². The van der Waals surface area contributed by atoms with Crippen LogP contribution in [0.25, 0.3) is 0 Å². The van der Waals surface area contributed by atoms with Crippen LogP contribution in [0.1, 0.15) is 28.3 Å². The molecule has 0 aliphatic carbocycles. The fourth-order valence-corrected chi connectivity index (χ4v) is 3.22. The molecule has 0 bridgehead atoms. The average molecular weight is 286 g/mol. The lowest BCUT2D eigenvalue weighted by molar-refractivity contribution is 0.112. The van der Waals surface area contributed by atoms with Crippen LogP contribution in [-0.2, 0) is 0 Å². The summed E-state index contributed by atoms with van der Waals surface area (Å²) in [6.07, 6.45) is 1.98. The summed E-state index contributed by atoms with van der Waals surface area (Å²) >= 11 is 6.28. The molecule has 1 heterocycles. The molecule has 102 valence electrons. The van der Waals surface area contributed by atoms with Crippen LogP contribution in [0.2, 0.25) is 5.02 Å². The van der Waals surface area contributed by atoms with Crippen LogP contribution < -0.4 is 4.90 Å². The number of carbonyl (C=O) groups excluding carboxylic acids is 1. The number of hydrogen-bond donors (Lipinski definition) is 0. The molecule has 0 aromatic heterocycles. The Bertz CT molecular complexity index is 612. The van der Waals surface area contributed by atoms with Crippen molar-refractivity contribution in [3.05, 3.63) is 64.7 Å². The Hall–Kier alpha value is -1.80. The predicted octanol–water partition coefficient (Wildman–Crippen LogP) is 4.15. The Morgan fingerprint density at radius 3 is 2.65 bits per heavy atom. The number of para-hydroxylation sites is 1. The lowest BCUT2D eigenvalue weighted by Gasteiger charge is -2.22. The standard InChI is InChI=1S/C17H16ClNO/c18-16-8-4-7-15(12-20)17(16)19-10-9-14(11-19)13-5-2-1-3-6-13/h1-8,12,14H,9-11H2. The van der Waals surface area contributed by atoms with Crippen LogP contribution in [0.5, 0.6) is 0 Å². The van der Waals surface area contributed by atoms with E-state index in [2.05, 4.69) is 29.2 Å². The van der Waals surface area contributed by atoms with E-state index in [1.165, 1.54) is 5.56 Å². The second kappa shape index (κ2) is 5.68. The van der Waals surface area contributed by atoms with Gasteiger partial charge in [0.2, 0.25) is 0 Å². The Morgan fingerprint density at radius 2 is 1.90 bits per heavy atom. The van der Waals surface area contributed by atoms with Gasteiger partial charge in [-0.2, -0.15) is 0 Å². The zero-order valence-electron chi connectivity index (χ0n) is 11.1. The molecule has 1 aliphatic heterocycles. The second-order valence-electron chi connectivity index (χ2n) is 5.14. The van der Waals surface area contributed by atoms with Gasteiger partial charge in [0.25, 0.3) is 0 Å². The van der Waals surface area contributed by atoms with Crippen molar-refractivity contribution in [1.82, 2.24) is 0 Å². The average Bonchev–Trinajstić information content (AvgIpc) is 2.97. The number of hydrogen-bond acceptors (Lipinski definition) is 2. The molecule has 0 amide bonds. The number of halogens is 1. The molecule has 2 aromatic carbocycles. The SMILES string of the molecule is O=Cc1cccc(Cl)c1N1CCC(c2ccccc2)C1. The summed E-state index contributed by atoms with van der Waals surface area (Å²) in [7, 11) is 0. The van der Waals surface area contributed by atoms with Crippen molar-refractivity contribution in [3.8, 4) is 0 Å². The first-order valence-corrected chi connectivity index (χ1v) is 7.21. The fourth-order valence-electron chi connectivity index (χ4n) is 2.92. The molecule has 0 saturated carbocycles. The van der Waals surface area contributed by atoms with E-state index in [1.54, 1.807) is 0 Å². The van der Waals surface area contributed by atoms with Crippen molar-refractivity contribution < 1.29 is 4.79 Å². The van der Waals surface area contributed by atoms with Gasteiger partial charge in [0.1, 0.15) is 0 Å². The van der Waals surface area contributed by atoms with E-state index in [0.29, 0.717) is 16.5 Å². The Morgan fingerprint density at radius 1 is 1.10 bits per heavy atom. The Kier molecular flexibility index (Phi) is 3.75. The largest absolute Gasteiger partial charge is 0.369 e. The predicted molar refractivity (Wildman–Crippen MR) is 82.9 cm³/mol. The van der Waals surface area contributed by atoms with E-state index in [-0.39, 0.29) is 0 Å². The smallest absolute Gasteiger partial charge is 0.152 e. The summed E-state index contributed by atoms with van der Waals surface area (Å²) in [5.74, 6) is 0.506. The first-order chi connectivity index (χ1) is 9.79. The van der Waals surface area contributed by atoms with Gasteiger partial charge in [0.15, 0.2) is 6.29 Å². The molecule has 3 heteroatoms. The molecule has 0 N–H and O–H groups in total. The lowest BCUT2D eigenvalue weighted by Crippen LogP contribution is -2.21. The van der Waals surface area contributed by atoms with E-state index in [0.717, 1.165) is 31.5 Å². The summed E-state index contributed by atoms with van der Waals surface area (Å²) in [4.78, 5) is 13.4. The Balaban J connectivity index is 1.86. The third kappa shape index (κ3) is 2.44. The number of aldehydes is 1. The molecule has 3 rings (SSSR count). The topological polar surface area (TPSA) is 20.3 Å². The van der Waals surface area contributed by atoms with E-state index in [9.17, 15) is 4.79 Å². The van der Waals surface area contributed by atoms with Gasteiger partial charge in [0.05, 0.1) is 10.7 Å². The minimum Gasteiger partial charge on any atom is -0.369 e. The van der Waals surface area contributed by atoms with Crippen LogP contribution in [0, 0.1) is 0 Å². The number of anilines is 1. The molecule has 1 fully saturated rings. The highest BCUT2D eigenvalue weighted by molar-refractivity contribution is 6.33. The maximum absolute atomic E-state index is 11.2. The van der Waals surface area contributed by atoms with Gasteiger partial charge in [-0.1, -0.05) is 48.0 Å². The highest BCUT2D eigenvalue weighted by Crippen LogP contribution is 2.36. The highest BCUT2D eigenvalue weighted by Gasteiger charge is 2.26. The van der Waals surface area contributed by atoms with Crippen molar-refractivity contribution in [3.63, 3.8) is 0 Å². The van der Waals surface area contributed by atoms with Gasteiger partial charge in [-0.3, -0.25) is 4.79 Å². The lowest BCUT2D eigenvalue weighted by atomic mass is 9.99.